The molecule has 0 bridgehead atoms. The lowest BCUT2D eigenvalue weighted by molar-refractivity contribution is -0.131. The molecule has 2 heterocycles. The molecule has 0 atom stereocenters. The Morgan fingerprint density at radius 2 is 1.86 bits per heavy atom. The molecule has 0 unspecified atom stereocenters. The Bertz CT molecular complexity index is 641. The van der Waals surface area contributed by atoms with Crippen molar-refractivity contribution in [2.75, 3.05) is 13.1 Å². The molecule has 2 aromatic rings. The van der Waals surface area contributed by atoms with Gasteiger partial charge in [-0.3, -0.25) is 4.79 Å². The fraction of sp³-hybridized carbons (Fsp3) is 0.500. The molecular formula is C16H21N5O. The summed E-state index contributed by atoms with van der Waals surface area (Å²) in [6.07, 6.45) is 2.17. The largest absolute Gasteiger partial charge is 0.341 e. The molecule has 22 heavy (non-hydrogen) atoms. The van der Waals surface area contributed by atoms with Gasteiger partial charge < -0.3 is 4.90 Å². The highest BCUT2D eigenvalue weighted by Crippen LogP contribution is 2.19. The van der Waals surface area contributed by atoms with Crippen LogP contribution in [0.15, 0.2) is 24.3 Å². The van der Waals surface area contributed by atoms with Crippen molar-refractivity contribution in [3.8, 4) is 11.4 Å². The van der Waals surface area contributed by atoms with Crippen LogP contribution in [0, 0.1) is 0 Å². The summed E-state index contributed by atoms with van der Waals surface area (Å²) in [5.41, 5.74) is 2.20. The van der Waals surface area contributed by atoms with Crippen molar-refractivity contribution >= 4 is 5.91 Å². The Hall–Kier alpha value is -2.24. The molecule has 1 fully saturated rings. The minimum Gasteiger partial charge on any atom is -0.341 e. The van der Waals surface area contributed by atoms with Crippen LogP contribution in [0.3, 0.4) is 0 Å². The van der Waals surface area contributed by atoms with Gasteiger partial charge in [0.15, 0.2) is 0 Å². The molecule has 1 aliphatic rings. The van der Waals surface area contributed by atoms with Gasteiger partial charge in [0.2, 0.25) is 11.7 Å². The van der Waals surface area contributed by atoms with E-state index in [1.807, 2.05) is 17.0 Å². The molecule has 1 aliphatic heterocycles. The smallest absolute Gasteiger partial charge is 0.246 e. The van der Waals surface area contributed by atoms with E-state index < -0.39 is 0 Å². The lowest BCUT2D eigenvalue weighted by Crippen LogP contribution is -2.31. The number of carbonyl (C=O) groups excluding carboxylic acids is 1. The second-order valence-electron chi connectivity index (χ2n) is 6.01. The van der Waals surface area contributed by atoms with Crippen molar-refractivity contribution in [2.24, 2.45) is 0 Å². The van der Waals surface area contributed by atoms with Gasteiger partial charge >= 0.3 is 0 Å². The van der Waals surface area contributed by atoms with Crippen molar-refractivity contribution in [3.63, 3.8) is 0 Å². The molecule has 1 saturated heterocycles. The number of nitrogens with zero attached hydrogens (tertiary/aromatic N) is 5. The highest BCUT2D eigenvalue weighted by atomic mass is 16.2. The standard InChI is InChI=1S/C16H21N5O/c1-12(2)13-5-7-14(8-6-13)16-17-19-21(18-16)11-15(22)20-9-3-4-10-20/h5-8,12H,3-4,9-11H2,1-2H3. The monoisotopic (exact) mass is 299 g/mol. The summed E-state index contributed by atoms with van der Waals surface area (Å²) in [7, 11) is 0. The number of hydrogen-bond acceptors (Lipinski definition) is 4. The summed E-state index contributed by atoms with van der Waals surface area (Å²) in [6.45, 7) is 6.17. The lowest BCUT2D eigenvalue weighted by atomic mass is 10.0. The molecule has 0 N–H and O–H groups in total. The third kappa shape index (κ3) is 3.16. The predicted octanol–water partition coefficient (Wildman–Crippen LogP) is 2.09. The topological polar surface area (TPSA) is 63.9 Å². The minimum absolute atomic E-state index is 0.0663. The predicted molar refractivity (Wildman–Crippen MR) is 83.2 cm³/mol. The summed E-state index contributed by atoms with van der Waals surface area (Å²) >= 11 is 0. The quantitative estimate of drug-likeness (QED) is 0.867. The highest BCUT2D eigenvalue weighted by Gasteiger charge is 2.19. The molecule has 6 nitrogen and oxygen atoms in total. The zero-order chi connectivity index (χ0) is 15.5. The van der Waals surface area contributed by atoms with Crippen molar-refractivity contribution in [1.82, 2.24) is 25.1 Å². The number of benzene rings is 1. The van der Waals surface area contributed by atoms with E-state index in [4.69, 9.17) is 0 Å². The Balaban J connectivity index is 1.69. The average Bonchev–Trinajstić information content (AvgIpc) is 3.19. The van der Waals surface area contributed by atoms with E-state index in [0.29, 0.717) is 11.7 Å². The molecule has 1 amide bonds. The normalized spacial score (nSPS) is 14.8. The first-order valence-electron chi connectivity index (χ1n) is 7.79. The van der Waals surface area contributed by atoms with Crippen molar-refractivity contribution < 1.29 is 4.79 Å². The van der Waals surface area contributed by atoms with Gasteiger partial charge in [-0.1, -0.05) is 38.1 Å². The molecule has 0 spiro atoms. The van der Waals surface area contributed by atoms with Crippen molar-refractivity contribution in [2.45, 2.75) is 39.2 Å². The third-order valence-electron chi connectivity index (χ3n) is 4.02. The first-order valence-corrected chi connectivity index (χ1v) is 7.79. The fourth-order valence-electron chi connectivity index (χ4n) is 2.63. The maximum atomic E-state index is 12.1. The fourth-order valence-corrected chi connectivity index (χ4v) is 2.63. The number of aromatic nitrogens is 4. The SMILES string of the molecule is CC(C)c1ccc(-c2nnn(CC(=O)N3CCCC3)n2)cc1. The van der Waals surface area contributed by atoms with Gasteiger partial charge in [-0.2, -0.15) is 4.80 Å². The minimum atomic E-state index is 0.0663. The Labute approximate surface area is 130 Å². The van der Waals surface area contributed by atoms with Crippen LogP contribution in [-0.4, -0.2) is 44.1 Å². The number of hydrogen-bond donors (Lipinski definition) is 0. The second-order valence-corrected chi connectivity index (χ2v) is 6.01. The summed E-state index contributed by atoms with van der Waals surface area (Å²) in [6, 6.07) is 8.16. The van der Waals surface area contributed by atoms with Crippen molar-refractivity contribution in [3.05, 3.63) is 29.8 Å². The Morgan fingerprint density at radius 1 is 1.18 bits per heavy atom. The van der Waals surface area contributed by atoms with E-state index in [1.54, 1.807) is 0 Å². The van der Waals surface area contributed by atoms with E-state index in [9.17, 15) is 4.79 Å². The maximum absolute atomic E-state index is 12.1. The summed E-state index contributed by atoms with van der Waals surface area (Å²) < 4.78 is 0. The van der Waals surface area contributed by atoms with Gasteiger partial charge in [0.25, 0.3) is 0 Å². The Morgan fingerprint density at radius 3 is 2.50 bits per heavy atom. The van der Waals surface area contributed by atoms with Gasteiger partial charge in [-0.05, 0) is 29.5 Å². The van der Waals surface area contributed by atoms with Crippen LogP contribution in [0.5, 0.6) is 0 Å². The maximum Gasteiger partial charge on any atom is 0.246 e. The van der Waals surface area contributed by atoms with Crippen LogP contribution in [0.4, 0.5) is 0 Å². The van der Waals surface area contributed by atoms with Crippen molar-refractivity contribution in [1.29, 1.82) is 0 Å². The molecule has 116 valence electrons. The summed E-state index contributed by atoms with van der Waals surface area (Å²) in [4.78, 5) is 15.3. The van der Waals surface area contributed by atoms with E-state index in [2.05, 4.69) is 41.4 Å². The number of rotatable bonds is 4. The highest BCUT2D eigenvalue weighted by molar-refractivity contribution is 5.76. The zero-order valence-corrected chi connectivity index (χ0v) is 13.1. The van der Waals surface area contributed by atoms with E-state index in [1.165, 1.54) is 10.4 Å². The molecular weight excluding hydrogens is 278 g/mol. The van der Waals surface area contributed by atoms with Gasteiger partial charge in [0, 0.05) is 18.7 Å². The number of tetrazole rings is 1. The number of likely N-dealkylation sites (tertiary alicyclic amines) is 1. The first kappa shape index (κ1) is 14.7. The summed E-state index contributed by atoms with van der Waals surface area (Å²) in [5, 5.41) is 12.4. The molecule has 1 aromatic heterocycles. The molecule has 3 rings (SSSR count). The van der Waals surface area contributed by atoms with Crippen LogP contribution >= 0.6 is 0 Å². The molecule has 1 aromatic carbocycles. The van der Waals surface area contributed by atoms with E-state index >= 15 is 0 Å². The number of carbonyl (C=O) groups is 1. The molecule has 0 saturated carbocycles. The Kier molecular flexibility index (Phi) is 4.18. The molecule has 0 radical (unpaired) electrons. The second kappa shape index (κ2) is 6.25. The van der Waals surface area contributed by atoms with Crippen LogP contribution in [0.25, 0.3) is 11.4 Å². The van der Waals surface area contributed by atoms with Gasteiger partial charge in [0.1, 0.15) is 6.54 Å². The lowest BCUT2D eigenvalue weighted by Gasteiger charge is -2.13. The van der Waals surface area contributed by atoms with Gasteiger partial charge in [0.05, 0.1) is 0 Å². The third-order valence-corrected chi connectivity index (χ3v) is 4.02. The average molecular weight is 299 g/mol. The van der Waals surface area contributed by atoms with E-state index in [0.717, 1.165) is 31.5 Å². The van der Waals surface area contributed by atoms with E-state index in [-0.39, 0.29) is 12.5 Å². The van der Waals surface area contributed by atoms with Gasteiger partial charge in [-0.25, -0.2) is 0 Å². The first-order chi connectivity index (χ1) is 10.6. The number of amides is 1. The zero-order valence-electron chi connectivity index (χ0n) is 13.1. The molecule has 0 aliphatic carbocycles. The molecule has 6 heteroatoms. The van der Waals surface area contributed by atoms with Gasteiger partial charge in [-0.15, -0.1) is 10.2 Å². The van der Waals surface area contributed by atoms with Crippen LogP contribution in [0.2, 0.25) is 0 Å². The van der Waals surface area contributed by atoms with Crippen LogP contribution < -0.4 is 0 Å². The van der Waals surface area contributed by atoms with Crippen LogP contribution in [0.1, 0.15) is 38.2 Å². The van der Waals surface area contributed by atoms with Crippen LogP contribution in [-0.2, 0) is 11.3 Å². The summed E-state index contributed by atoms with van der Waals surface area (Å²) in [5.74, 6) is 1.12.